The summed E-state index contributed by atoms with van der Waals surface area (Å²) >= 11 is 0. The van der Waals surface area contributed by atoms with Crippen molar-refractivity contribution in [2.75, 3.05) is 19.8 Å². The first kappa shape index (κ1) is 68.3. The summed E-state index contributed by atoms with van der Waals surface area (Å²) in [6.45, 7) is 2.74. The van der Waals surface area contributed by atoms with Gasteiger partial charge in [0.2, 0.25) is 5.91 Å². The van der Waals surface area contributed by atoms with E-state index in [1.54, 1.807) is 6.08 Å². The molecule has 434 valence electrons. The number of unbranched alkanes of at least 4 members (excludes halogenated alkanes) is 31. The van der Waals surface area contributed by atoms with Crippen LogP contribution in [-0.2, 0) is 23.7 Å². The van der Waals surface area contributed by atoms with Crippen LogP contribution in [0.25, 0.3) is 0 Å². The number of allylic oxidation sites excluding steroid dienone is 5. The van der Waals surface area contributed by atoms with Gasteiger partial charge >= 0.3 is 0 Å². The molecule has 14 heteroatoms. The molecule has 12 atom stereocenters. The van der Waals surface area contributed by atoms with Crippen molar-refractivity contribution >= 4 is 5.91 Å². The van der Waals surface area contributed by atoms with Crippen LogP contribution in [0, 0.1) is 0 Å². The van der Waals surface area contributed by atoms with E-state index in [0.29, 0.717) is 12.8 Å². The molecule has 1 amide bonds. The number of amides is 1. The highest BCUT2D eigenvalue weighted by atomic mass is 16.7. The third-order valence-corrected chi connectivity index (χ3v) is 14.8. The van der Waals surface area contributed by atoms with Gasteiger partial charge in [0.15, 0.2) is 12.6 Å². The van der Waals surface area contributed by atoms with E-state index in [-0.39, 0.29) is 18.9 Å². The number of ether oxygens (including phenoxy) is 4. The lowest BCUT2D eigenvalue weighted by Gasteiger charge is -2.46. The molecule has 0 radical (unpaired) electrons. The molecule has 0 spiro atoms. The first-order valence-electron chi connectivity index (χ1n) is 30.2. The number of aliphatic hydroxyl groups is 8. The minimum atomic E-state index is -1.79. The second-order valence-electron chi connectivity index (χ2n) is 21.5. The van der Waals surface area contributed by atoms with Crippen molar-refractivity contribution in [2.45, 2.75) is 319 Å². The van der Waals surface area contributed by atoms with Crippen LogP contribution in [0.15, 0.2) is 36.5 Å². The molecule has 0 aromatic rings. The first-order valence-corrected chi connectivity index (χ1v) is 30.2. The molecule has 74 heavy (non-hydrogen) atoms. The Bertz CT molecular complexity index is 1380. The Labute approximate surface area is 449 Å². The van der Waals surface area contributed by atoms with Crippen LogP contribution in [0.3, 0.4) is 0 Å². The van der Waals surface area contributed by atoms with E-state index in [0.717, 1.165) is 44.9 Å². The zero-order chi connectivity index (χ0) is 53.9. The molecule has 0 saturated carbocycles. The smallest absolute Gasteiger partial charge is 0.220 e. The predicted octanol–water partition coefficient (Wildman–Crippen LogP) is 10.2. The fourth-order valence-corrected chi connectivity index (χ4v) is 9.91. The van der Waals surface area contributed by atoms with Crippen LogP contribution in [0.1, 0.15) is 245 Å². The van der Waals surface area contributed by atoms with Gasteiger partial charge in [-0.25, -0.2) is 0 Å². The second-order valence-corrected chi connectivity index (χ2v) is 21.5. The van der Waals surface area contributed by atoms with E-state index >= 15 is 0 Å². The number of hydrogen-bond donors (Lipinski definition) is 9. The maximum Gasteiger partial charge on any atom is 0.220 e. The Balaban J connectivity index is 1.65. The van der Waals surface area contributed by atoms with E-state index in [1.165, 1.54) is 167 Å². The quantitative estimate of drug-likeness (QED) is 0.0204. The number of hydrogen-bond acceptors (Lipinski definition) is 13. The Morgan fingerprint density at radius 2 is 0.865 bits per heavy atom. The SMILES string of the molecule is CCCCCCCCCCCCCCCCCCCCCCCC/C=C/CC/C=C/CC/C=C/C(O)C(COC1OC(CO)C(OC2OC(CO)C(O)C(O)C2O)C(O)C1O)NC(=O)CCCCCCCCCC. The number of aliphatic hydroxyl groups excluding tert-OH is 8. The molecule has 0 aromatic carbocycles. The molecule has 2 aliphatic heterocycles. The number of nitrogens with one attached hydrogen (secondary N) is 1. The normalized spacial score (nSPS) is 25.4. The number of carbonyl (C=O) groups excluding carboxylic acids is 1. The van der Waals surface area contributed by atoms with E-state index < -0.39 is 86.8 Å². The second kappa shape index (κ2) is 46.2. The van der Waals surface area contributed by atoms with Crippen molar-refractivity contribution < 1.29 is 64.6 Å². The maximum atomic E-state index is 13.1. The Kier molecular flexibility index (Phi) is 42.6. The van der Waals surface area contributed by atoms with Crippen molar-refractivity contribution in [1.29, 1.82) is 0 Å². The van der Waals surface area contributed by atoms with E-state index in [1.807, 2.05) is 6.08 Å². The van der Waals surface area contributed by atoms with Gasteiger partial charge in [0.1, 0.15) is 48.8 Å². The molecule has 2 heterocycles. The zero-order valence-corrected chi connectivity index (χ0v) is 46.6. The molecule has 0 aliphatic carbocycles. The molecule has 12 unspecified atom stereocenters. The average molecular weight is 1050 g/mol. The van der Waals surface area contributed by atoms with Gasteiger partial charge in [-0.05, 0) is 44.9 Å². The maximum absolute atomic E-state index is 13.1. The van der Waals surface area contributed by atoms with Gasteiger partial charge < -0.3 is 65.1 Å². The van der Waals surface area contributed by atoms with Gasteiger partial charge in [-0.15, -0.1) is 0 Å². The molecule has 9 N–H and O–H groups in total. The summed E-state index contributed by atoms with van der Waals surface area (Å²) in [5, 5.41) is 86.7. The lowest BCUT2D eigenvalue weighted by molar-refractivity contribution is -0.359. The summed E-state index contributed by atoms with van der Waals surface area (Å²) in [5.41, 5.74) is 0. The summed E-state index contributed by atoms with van der Waals surface area (Å²) in [7, 11) is 0. The lowest BCUT2D eigenvalue weighted by Crippen LogP contribution is -2.65. The van der Waals surface area contributed by atoms with Crippen molar-refractivity contribution in [3.05, 3.63) is 36.5 Å². The molecule has 2 fully saturated rings. The average Bonchev–Trinajstić information content (AvgIpc) is 3.40. The predicted molar refractivity (Wildman–Crippen MR) is 295 cm³/mol. The molecule has 2 rings (SSSR count). The van der Waals surface area contributed by atoms with E-state index in [2.05, 4.69) is 43.5 Å². The summed E-state index contributed by atoms with van der Waals surface area (Å²) in [6.07, 6.45) is 39.6. The largest absolute Gasteiger partial charge is 0.394 e. The number of carbonyl (C=O) groups is 1. The molecule has 2 saturated heterocycles. The van der Waals surface area contributed by atoms with Crippen molar-refractivity contribution in [2.24, 2.45) is 0 Å². The number of rotatable bonds is 48. The van der Waals surface area contributed by atoms with Gasteiger partial charge in [-0.1, -0.05) is 230 Å². The van der Waals surface area contributed by atoms with E-state index in [9.17, 15) is 45.6 Å². The standard InChI is InChI=1S/C60H111NO13/c1-3-5-7-9-11-13-14-15-16-17-18-19-20-21-22-23-24-25-26-27-28-29-30-31-32-33-34-35-36-37-39-41-43-49(64)48(61-52(65)44-42-40-38-12-10-8-6-4-2)47-71-59-57(70)55(68)58(51(46-63)73-59)74-60-56(69)54(67)53(66)50(45-62)72-60/h31-32,35-36,41,43,48-51,53-60,62-64,66-70H,3-30,33-34,37-40,42,44-47H2,1-2H3,(H,61,65)/b32-31+,36-35+,43-41+. The van der Waals surface area contributed by atoms with Crippen molar-refractivity contribution in [3.8, 4) is 0 Å². The molecular weight excluding hydrogens is 943 g/mol. The summed E-state index contributed by atoms with van der Waals surface area (Å²) in [6, 6.07) is -0.933. The zero-order valence-electron chi connectivity index (χ0n) is 46.6. The minimum absolute atomic E-state index is 0.258. The van der Waals surface area contributed by atoms with Crippen LogP contribution >= 0.6 is 0 Å². The fourth-order valence-electron chi connectivity index (χ4n) is 9.91. The highest BCUT2D eigenvalue weighted by molar-refractivity contribution is 5.76. The van der Waals surface area contributed by atoms with Gasteiger partial charge in [-0.3, -0.25) is 4.79 Å². The van der Waals surface area contributed by atoms with Gasteiger partial charge in [-0.2, -0.15) is 0 Å². The Hall–Kier alpha value is -1.79. The molecule has 14 nitrogen and oxygen atoms in total. The summed E-state index contributed by atoms with van der Waals surface area (Å²) in [4.78, 5) is 13.1. The van der Waals surface area contributed by atoms with Crippen LogP contribution in [0.2, 0.25) is 0 Å². The first-order chi connectivity index (χ1) is 36.1. The topological polar surface area (TPSA) is 228 Å². The van der Waals surface area contributed by atoms with Gasteiger partial charge in [0.05, 0.1) is 32.0 Å². The highest BCUT2D eigenvalue weighted by Crippen LogP contribution is 2.30. The molecule has 0 bridgehead atoms. The van der Waals surface area contributed by atoms with Crippen molar-refractivity contribution in [3.63, 3.8) is 0 Å². The van der Waals surface area contributed by atoms with Crippen LogP contribution in [-0.4, -0.2) is 140 Å². The van der Waals surface area contributed by atoms with Gasteiger partial charge in [0, 0.05) is 6.42 Å². The molecular formula is C60H111NO13. The fraction of sp³-hybridized carbons (Fsp3) is 0.883. The monoisotopic (exact) mass is 1050 g/mol. The van der Waals surface area contributed by atoms with Crippen LogP contribution in [0.4, 0.5) is 0 Å². The minimum Gasteiger partial charge on any atom is -0.394 e. The summed E-state index contributed by atoms with van der Waals surface area (Å²) in [5.74, 6) is -0.258. The van der Waals surface area contributed by atoms with Gasteiger partial charge in [0.25, 0.3) is 0 Å². The Morgan fingerprint density at radius 3 is 1.32 bits per heavy atom. The van der Waals surface area contributed by atoms with E-state index in [4.69, 9.17) is 18.9 Å². The van der Waals surface area contributed by atoms with Crippen LogP contribution in [0.5, 0.6) is 0 Å². The van der Waals surface area contributed by atoms with Crippen molar-refractivity contribution in [1.82, 2.24) is 5.32 Å². The third-order valence-electron chi connectivity index (χ3n) is 14.8. The summed E-state index contributed by atoms with van der Waals surface area (Å²) < 4.78 is 22.7. The van der Waals surface area contributed by atoms with Crippen LogP contribution < -0.4 is 5.32 Å². The lowest BCUT2D eigenvalue weighted by atomic mass is 9.97. The highest BCUT2D eigenvalue weighted by Gasteiger charge is 2.51. The Morgan fingerprint density at radius 1 is 0.473 bits per heavy atom. The molecule has 2 aliphatic rings. The molecule has 0 aromatic heterocycles. The third kappa shape index (κ3) is 31.6.